The lowest BCUT2D eigenvalue weighted by Gasteiger charge is -2.42. The van der Waals surface area contributed by atoms with Gasteiger partial charge in [0.05, 0.1) is 0 Å². The summed E-state index contributed by atoms with van der Waals surface area (Å²) in [5, 5.41) is 0. The highest BCUT2D eigenvalue weighted by atomic mass is 19.3. The Morgan fingerprint density at radius 1 is 0.714 bits per heavy atom. The van der Waals surface area contributed by atoms with Crippen LogP contribution in [0.2, 0.25) is 0 Å². The molecule has 0 amide bonds. The zero-order chi connectivity index (χ0) is 17.5. The Morgan fingerprint density at radius 2 is 1.10 bits per heavy atom. The Hall–Kier alpha value is -0.350. The number of rotatable bonds is 7. The first-order chi connectivity index (χ1) is 8.83. The zero-order valence-corrected chi connectivity index (χ0v) is 14.4. The van der Waals surface area contributed by atoms with Gasteiger partial charge in [-0.25, -0.2) is 22.0 Å². The van der Waals surface area contributed by atoms with E-state index in [9.17, 15) is 22.0 Å². The minimum atomic E-state index is -3.53. The van der Waals surface area contributed by atoms with E-state index in [1.807, 2.05) is 0 Å². The summed E-state index contributed by atoms with van der Waals surface area (Å²) in [4.78, 5) is 0. The maximum Gasteiger partial charge on any atom is 0.281 e. The summed E-state index contributed by atoms with van der Waals surface area (Å²) < 4.78 is 69.7. The van der Waals surface area contributed by atoms with Crippen LogP contribution >= 0.6 is 0 Å². The molecule has 0 heterocycles. The van der Waals surface area contributed by atoms with Crippen LogP contribution in [0, 0.1) is 11.3 Å². The van der Waals surface area contributed by atoms with E-state index in [2.05, 4.69) is 0 Å². The quantitative estimate of drug-likeness (QED) is 0.484. The summed E-state index contributed by atoms with van der Waals surface area (Å²) in [7, 11) is 0. The Labute approximate surface area is 125 Å². The molecule has 5 heteroatoms. The standard InChI is InChI=1S/C16H29F5/c1-11(9-15(8,19)13(4,5)17)12(2,3)10-16(20,21)14(6,7)18/h11H,9-10H2,1-8H3. The molecular formula is C16H29F5. The zero-order valence-electron chi connectivity index (χ0n) is 14.4. The van der Waals surface area contributed by atoms with Crippen molar-refractivity contribution in [3.63, 3.8) is 0 Å². The fourth-order valence-corrected chi connectivity index (χ4v) is 2.05. The molecule has 2 unspecified atom stereocenters. The van der Waals surface area contributed by atoms with Crippen molar-refractivity contribution < 1.29 is 22.0 Å². The molecule has 0 radical (unpaired) electrons. The molecule has 21 heavy (non-hydrogen) atoms. The molecule has 0 aliphatic heterocycles. The molecule has 0 aliphatic carbocycles. The molecule has 0 spiro atoms. The lowest BCUT2D eigenvalue weighted by Crippen LogP contribution is -2.47. The van der Waals surface area contributed by atoms with Crippen LogP contribution < -0.4 is 0 Å². The highest BCUT2D eigenvalue weighted by Gasteiger charge is 2.52. The van der Waals surface area contributed by atoms with Crippen molar-refractivity contribution in [3.8, 4) is 0 Å². The van der Waals surface area contributed by atoms with Crippen molar-refractivity contribution in [1.82, 2.24) is 0 Å². The van der Waals surface area contributed by atoms with Crippen molar-refractivity contribution in [3.05, 3.63) is 0 Å². The molecule has 2 atom stereocenters. The van der Waals surface area contributed by atoms with Crippen LogP contribution in [-0.4, -0.2) is 22.9 Å². The minimum absolute atomic E-state index is 0.202. The van der Waals surface area contributed by atoms with E-state index < -0.39 is 40.7 Å². The molecule has 128 valence electrons. The van der Waals surface area contributed by atoms with Gasteiger partial charge in [0.25, 0.3) is 5.92 Å². The van der Waals surface area contributed by atoms with Crippen molar-refractivity contribution in [2.24, 2.45) is 11.3 Å². The third kappa shape index (κ3) is 5.10. The molecular weight excluding hydrogens is 287 g/mol. The van der Waals surface area contributed by atoms with Crippen molar-refractivity contribution in [2.45, 2.75) is 91.2 Å². The van der Waals surface area contributed by atoms with Gasteiger partial charge in [-0.05, 0) is 52.4 Å². The highest BCUT2D eigenvalue weighted by Crippen LogP contribution is 2.48. The SMILES string of the molecule is CC(CC(C)(F)C(C)(C)F)C(C)(C)CC(F)(F)C(C)(C)F. The summed E-state index contributed by atoms with van der Waals surface area (Å²) in [6, 6.07) is 0. The van der Waals surface area contributed by atoms with Crippen molar-refractivity contribution >= 4 is 0 Å². The number of hydrogen-bond donors (Lipinski definition) is 0. The van der Waals surface area contributed by atoms with Crippen LogP contribution in [0.3, 0.4) is 0 Å². The predicted molar refractivity (Wildman–Crippen MR) is 77.0 cm³/mol. The summed E-state index contributed by atoms with van der Waals surface area (Å²) >= 11 is 0. The number of alkyl halides is 5. The monoisotopic (exact) mass is 316 g/mol. The van der Waals surface area contributed by atoms with Crippen LogP contribution in [0.4, 0.5) is 22.0 Å². The van der Waals surface area contributed by atoms with E-state index in [0.29, 0.717) is 0 Å². The van der Waals surface area contributed by atoms with E-state index in [0.717, 1.165) is 34.6 Å². The van der Waals surface area contributed by atoms with Crippen LogP contribution in [0.5, 0.6) is 0 Å². The molecule has 0 aliphatic rings. The minimum Gasteiger partial charge on any atom is -0.241 e. The summed E-state index contributed by atoms with van der Waals surface area (Å²) in [5.74, 6) is -4.06. The Balaban J connectivity index is 5.11. The first kappa shape index (κ1) is 20.6. The van der Waals surface area contributed by atoms with E-state index in [-0.39, 0.29) is 6.42 Å². The molecule has 0 N–H and O–H groups in total. The van der Waals surface area contributed by atoms with Gasteiger partial charge in [-0.1, -0.05) is 20.8 Å². The first-order valence-corrected chi connectivity index (χ1v) is 7.28. The summed E-state index contributed by atoms with van der Waals surface area (Å²) in [5.41, 5.74) is -7.88. The van der Waals surface area contributed by atoms with Gasteiger partial charge in [0.1, 0.15) is 11.3 Å². The van der Waals surface area contributed by atoms with E-state index >= 15 is 0 Å². The Morgan fingerprint density at radius 3 is 1.38 bits per heavy atom. The topological polar surface area (TPSA) is 0 Å². The molecule has 0 fully saturated rings. The highest BCUT2D eigenvalue weighted by molar-refractivity contribution is 4.97. The molecule has 0 rings (SSSR count). The normalized spacial score (nSPS) is 19.3. The summed E-state index contributed by atoms with van der Waals surface area (Å²) in [6.07, 6.45) is -0.917. The van der Waals surface area contributed by atoms with Crippen molar-refractivity contribution in [2.75, 3.05) is 0 Å². The molecule has 0 saturated carbocycles. The van der Waals surface area contributed by atoms with Crippen LogP contribution in [-0.2, 0) is 0 Å². The van der Waals surface area contributed by atoms with E-state index in [1.54, 1.807) is 20.8 Å². The smallest absolute Gasteiger partial charge is 0.241 e. The number of hydrogen-bond acceptors (Lipinski definition) is 0. The van der Waals surface area contributed by atoms with Gasteiger partial charge >= 0.3 is 0 Å². The van der Waals surface area contributed by atoms with Crippen molar-refractivity contribution in [1.29, 1.82) is 0 Å². The molecule has 0 nitrogen and oxygen atoms in total. The van der Waals surface area contributed by atoms with Crippen LogP contribution in [0.15, 0.2) is 0 Å². The Kier molecular flexibility index (Phi) is 5.60. The molecule has 0 aromatic heterocycles. The van der Waals surface area contributed by atoms with Gasteiger partial charge in [0.2, 0.25) is 0 Å². The van der Waals surface area contributed by atoms with E-state index in [4.69, 9.17) is 0 Å². The maximum absolute atomic E-state index is 14.4. The maximum atomic E-state index is 14.4. The van der Waals surface area contributed by atoms with Gasteiger partial charge < -0.3 is 0 Å². The van der Waals surface area contributed by atoms with E-state index in [1.165, 1.54) is 0 Å². The lowest BCUT2D eigenvalue weighted by atomic mass is 9.68. The van der Waals surface area contributed by atoms with Gasteiger partial charge in [-0.15, -0.1) is 0 Å². The molecule has 0 aromatic carbocycles. The second-order valence-electron chi connectivity index (χ2n) is 8.12. The molecule has 0 saturated heterocycles. The average molecular weight is 316 g/mol. The lowest BCUT2D eigenvalue weighted by molar-refractivity contribution is -0.151. The number of halogens is 5. The van der Waals surface area contributed by atoms with Gasteiger partial charge in [-0.2, -0.15) is 0 Å². The predicted octanol–water partition coefficient (Wildman–Crippen LogP) is 6.29. The third-order valence-corrected chi connectivity index (χ3v) is 4.81. The van der Waals surface area contributed by atoms with Gasteiger partial charge in [0.15, 0.2) is 5.67 Å². The molecule has 0 aromatic rings. The Bertz CT molecular complexity index is 345. The fourth-order valence-electron chi connectivity index (χ4n) is 2.05. The largest absolute Gasteiger partial charge is 0.281 e. The van der Waals surface area contributed by atoms with Gasteiger partial charge in [0, 0.05) is 6.42 Å². The third-order valence-electron chi connectivity index (χ3n) is 4.81. The average Bonchev–Trinajstić information content (AvgIpc) is 2.10. The van der Waals surface area contributed by atoms with Gasteiger partial charge in [-0.3, -0.25) is 0 Å². The van der Waals surface area contributed by atoms with Crippen LogP contribution in [0.1, 0.15) is 68.2 Å². The second kappa shape index (κ2) is 5.69. The molecule has 0 bridgehead atoms. The fraction of sp³-hybridized carbons (Fsp3) is 1.00. The first-order valence-electron chi connectivity index (χ1n) is 7.28. The second-order valence-corrected chi connectivity index (χ2v) is 8.12. The summed E-state index contributed by atoms with van der Waals surface area (Å²) in [6.45, 7) is 9.74. The van der Waals surface area contributed by atoms with Crippen LogP contribution in [0.25, 0.3) is 0 Å².